The molecule has 0 amide bonds. The lowest BCUT2D eigenvalue weighted by Crippen LogP contribution is -2.53. The van der Waals surface area contributed by atoms with Gasteiger partial charge in [-0.2, -0.15) is 40.7 Å². The van der Waals surface area contributed by atoms with Crippen LogP contribution >= 0.6 is 0 Å². The lowest BCUT2D eigenvalue weighted by molar-refractivity contribution is -0.0765. The molecular weight excluding hydrogens is 1540 g/mol. The first kappa shape index (κ1) is 83.3. The van der Waals surface area contributed by atoms with E-state index in [1.165, 1.54) is 181 Å². The van der Waals surface area contributed by atoms with Gasteiger partial charge in [0, 0.05) is 54.0 Å². The van der Waals surface area contributed by atoms with Crippen LogP contribution in [0.25, 0.3) is 0 Å². The van der Waals surface area contributed by atoms with Crippen molar-refractivity contribution >= 4 is 40.3 Å². The first-order valence-electron chi connectivity index (χ1n) is 45.5. The van der Waals surface area contributed by atoms with Crippen LogP contribution in [0.1, 0.15) is 252 Å². The molecule has 25 heteroatoms. The third-order valence-electron chi connectivity index (χ3n) is 36.8. The Bertz CT molecular complexity index is 4660. The second kappa shape index (κ2) is 29.5. The quantitative estimate of drug-likeness (QED) is 0.177. The van der Waals surface area contributed by atoms with Crippen LogP contribution < -0.4 is 5.32 Å². The fraction of sp³-hybridized carbons (Fsp3) is 0.835. The molecule has 6 saturated heterocycles. The van der Waals surface area contributed by atoms with Crippen molar-refractivity contribution in [3.05, 3.63) is 85.8 Å². The van der Waals surface area contributed by atoms with Gasteiger partial charge in [0.25, 0.3) is 20.2 Å². The van der Waals surface area contributed by atoms with E-state index in [4.69, 9.17) is 14.2 Å². The van der Waals surface area contributed by atoms with E-state index in [9.17, 15) is 33.7 Å². The molecule has 0 unspecified atom stereocenters. The lowest BCUT2D eigenvalue weighted by Gasteiger charge is -2.52. The summed E-state index contributed by atoms with van der Waals surface area (Å²) in [4.78, 5) is 0. The number of fused-ring (bicyclic) bond motifs is 21. The summed E-state index contributed by atoms with van der Waals surface area (Å²) in [6, 6.07) is 0.524. The highest BCUT2D eigenvalue weighted by Gasteiger charge is 2.66. The second-order valence-corrected chi connectivity index (χ2v) is 50.8. The largest absolute Gasteiger partial charge is 0.369 e. The average molecular weight is 1680 g/mol. The van der Waals surface area contributed by atoms with Crippen LogP contribution in [-0.2, 0) is 96.6 Å². The summed E-state index contributed by atoms with van der Waals surface area (Å²) in [7, 11) is -14.3. The number of aromatic amines is 3. The predicted molar refractivity (Wildman–Crippen MR) is 450 cm³/mol. The van der Waals surface area contributed by atoms with E-state index < -0.39 is 40.3 Å². The smallest absolute Gasteiger partial charge is 0.278 e. The highest BCUT2D eigenvalue weighted by molar-refractivity contribution is 7.99. The van der Waals surface area contributed by atoms with Gasteiger partial charge < -0.3 is 19.5 Å². The maximum atomic E-state index is 12.8. The molecule has 6 aliphatic heterocycles. The van der Waals surface area contributed by atoms with Gasteiger partial charge in [0.1, 0.15) is 0 Å². The zero-order chi connectivity index (χ0) is 82.1. The van der Waals surface area contributed by atoms with Gasteiger partial charge in [-0.05, 0) is 322 Å². The monoisotopic (exact) mass is 1680 g/mol. The zero-order valence-electron chi connectivity index (χ0n) is 72.6. The minimum Gasteiger partial charge on any atom is -0.369 e. The number of hydrogen-bond acceptors (Lipinski definition) is 16. The Morgan fingerprint density at radius 1 is 0.422 bits per heavy atom. The average Bonchev–Trinajstić information content (AvgIpc) is 1.56. The molecule has 18 aliphatic rings. The molecule has 3 aromatic heterocycles. The van der Waals surface area contributed by atoms with Crippen molar-refractivity contribution in [3.63, 3.8) is 0 Å². The van der Waals surface area contributed by atoms with Gasteiger partial charge in [-0.15, -0.1) is 3.63 Å². The molecule has 0 bridgehead atoms. The van der Waals surface area contributed by atoms with Crippen molar-refractivity contribution in [1.29, 1.82) is 0 Å². The number of nitrogens with zero attached hydrogens (tertiary/aromatic N) is 5. The number of H-pyrrole nitrogens is 3. The first-order valence-corrected chi connectivity index (χ1v) is 52.8. The molecule has 30 atom stereocenters. The van der Waals surface area contributed by atoms with E-state index in [2.05, 4.69) is 141 Å². The summed E-state index contributed by atoms with van der Waals surface area (Å²) in [5, 5.41) is 26.9. The predicted octanol–water partition coefficient (Wildman–Crippen LogP) is 14.6. The first-order chi connectivity index (χ1) is 54.6. The van der Waals surface area contributed by atoms with Crippen molar-refractivity contribution in [3.8, 4) is 0 Å². The van der Waals surface area contributed by atoms with Crippen molar-refractivity contribution in [2.45, 2.75) is 310 Å². The summed E-state index contributed by atoms with van der Waals surface area (Å²) in [6.45, 7) is 31.3. The van der Waals surface area contributed by atoms with E-state index in [-0.39, 0.29) is 52.9 Å². The Kier molecular flexibility index (Phi) is 21.2. The molecule has 6 saturated carbocycles. The molecule has 3 aromatic rings. The second-order valence-electron chi connectivity index (χ2n) is 43.5. The van der Waals surface area contributed by atoms with Crippen molar-refractivity contribution < 1.29 is 51.5 Å². The summed E-state index contributed by atoms with van der Waals surface area (Å²) in [5.41, 5.74) is 19.6. The number of aromatic nitrogens is 6. The molecule has 21 nitrogen and oxygen atoms in total. The lowest BCUT2D eigenvalue weighted by atomic mass is 9.52. The molecular formula is C91H139N9O12S4. The number of nitrogens with one attached hydrogen (secondary N) is 4. The normalized spacial score (nSPS) is 46.0. The Morgan fingerprint density at radius 3 is 1.08 bits per heavy atom. The number of rotatable bonds is 4. The van der Waals surface area contributed by atoms with Crippen molar-refractivity contribution in [2.24, 2.45) is 123 Å². The van der Waals surface area contributed by atoms with Crippen LogP contribution in [0.3, 0.4) is 0 Å². The Morgan fingerprint density at radius 2 is 0.750 bits per heavy atom. The fourth-order valence-corrected chi connectivity index (χ4v) is 35.8. The fourth-order valence-electron chi connectivity index (χ4n) is 31.4. The molecule has 12 aliphatic carbocycles. The summed E-state index contributed by atoms with van der Waals surface area (Å²) in [5.74, 6) is 11.8. The Hall–Kier alpha value is -3.63. The molecule has 644 valence electrons. The molecule has 12 fully saturated rings. The van der Waals surface area contributed by atoms with Crippen LogP contribution in [0.4, 0.5) is 0 Å². The SMILES string of the molecule is CC1=C2C[C@H]3[C@@H](CC[C@@H]4Cc5[nH]ncc5C[C@@]43C)[C@@H]2CC[C@@]2(C1)O[C@@H]1C[C@H](C)CN(S(C)(=O)=O)[C@H]1[C@H]2C.CC1=C2C[C@H]3[C@@H](CC[C@@H]4Cc5[nH]ncc5C[C@@]43C)[C@@H]2CC[C@@]2(C1)O[C@@H]1C[C@H](C)CN(S(C)(=O)=O)[C@H]1[C@H]2C.CC1=C2C[C@H]3[C@@H](CC[C@@H]4Cc5[nH]ncc5C[C@@]43C)[C@@H]2CC[C@@]2(C1)O[C@@H]1C[C@H](C)CN[C@H]1[C@H]2C.CS(=O)(=O)OS(C)(=O)=O. The molecule has 0 radical (unpaired) electrons. The van der Waals surface area contributed by atoms with E-state index >= 15 is 0 Å². The summed E-state index contributed by atoms with van der Waals surface area (Å²) in [6.07, 6.45) is 43.5. The number of allylic oxidation sites excluding steroid dienone is 3. The minimum atomic E-state index is -3.87. The number of ether oxygens (including phenoxy) is 3. The third-order valence-corrected chi connectivity index (χ3v) is 41.3. The number of sulfonamides is 2. The highest BCUT2D eigenvalue weighted by atomic mass is 32.3. The molecule has 21 rings (SSSR count). The van der Waals surface area contributed by atoms with Gasteiger partial charge in [-0.1, -0.05) is 95.8 Å². The van der Waals surface area contributed by atoms with Gasteiger partial charge in [-0.25, -0.2) is 16.8 Å². The van der Waals surface area contributed by atoms with E-state index in [1.54, 1.807) is 36.5 Å². The summed E-state index contributed by atoms with van der Waals surface area (Å²) >= 11 is 0. The summed E-state index contributed by atoms with van der Waals surface area (Å²) < 4.78 is 120. The van der Waals surface area contributed by atoms with E-state index in [1.807, 2.05) is 5.57 Å². The van der Waals surface area contributed by atoms with Gasteiger partial charge in [0.05, 0.1) is 90.8 Å². The molecule has 0 aromatic carbocycles. The topological polar surface area (TPSA) is 278 Å². The van der Waals surface area contributed by atoms with Gasteiger partial charge in [-0.3, -0.25) is 15.3 Å². The molecule has 9 heterocycles. The van der Waals surface area contributed by atoms with Gasteiger partial charge >= 0.3 is 0 Å². The number of hydrogen-bond donors (Lipinski definition) is 4. The Labute approximate surface area is 694 Å². The van der Waals surface area contributed by atoms with Crippen molar-refractivity contribution in [1.82, 2.24) is 44.5 Å². The third kappa shape index (κ3) is 14.2. The van der Waals surface area contributed by atoms with Crippen molar-refractivity contribution in [2.75, 3.05) is 44.7 Å². The van der Waals surface area contributed by atoms with Crippen LogP contribution in [0, 0.1) is 123 Å². The van der Waals surface area contributed by atoms with E-state index in [0.29, 0.717) is 83.6 Å². The standard InChI is InChI=1S/2C30H45N3O3S.C29H43N3O.C2H6O5S2/c2*1-17-10-27-28(33(16-17)37(5,34)35)19(3)30(36-27)9-8-22-23-7-6-21-11-26-20(15-31-32-26)14-29(21,4)25(23)12-24(22)18(2)13-30;1-16-9-26-27(30-14-16)18(3)29(33-26)8-7-21-22-6-5-20-10-25-19(15-31-32-25)13-28(20,4)24(22)11-23(21)17(2)12-29;1-8(3,4)7-9(2,5)6/h2*15,17,19,21-23,25,27-28H,6-14,16H2,1-5H3,(H,31,32);15-16,18,20-22,24,26-27,30H,5-14H2,1-4H3,(H,31,32);1-2H3/t2*17-,19+,21+,22-,23-,25-,27+,28-,29-,30-;16-,18+,20+,21-,22-,24-,26+,27-,28-,29-;/m000./s1. The molecule has 116 heavy (non-hydrogen) atoms. The van der Waals surface area contributed by atoms with Gasteiger partial charge in [0.2, 0.25) is 20.0 Å². The zero-order valence-corrected chi connectivity index (χ0v) is 75.8. The van der Waals surface area contributed by atoms with Crippen LogP contribution in [0.2, 0.25) is 0 Å². The van der Waals surface area contributed by atoms with Crippen LogP contribution in [0.5, 0.6) is 0 Å². The molecule has 3 spiro atoms. The maximum Gasteiger partial charge on any atom is 0.278 e. The van der Waals surface area contributed by atoms with Crippen LogP contribution in [-0.4, -0.2) is 171 Å². The highest BCUT2D eigenvalue weighted by Crippen LogP contribution is 2.69. The van der Waals surface area contributed by atoms with E-state index in [0.717, 1.165) is 110 Å². The molecule has 4 N–H and O–H groups in total. The Balaban J connectivity index is 0.000000114. The van der Waals surface area contributed by atoms with Crippen LogP contribution in [0.15, 0.2) is 52.0 Å². The maximum absolute atomic E-state index is 12.8. The number of piperidine rings is 3. The minimum absolute atomic E-state index is 0.0181. The van der Waals surface area contributed by atoms with Gasteiger partial charge in [0.15, 0.2) is 0 Å².